The van der Waals surface area contributed by atoms with E-state index < -0.39 is 7.26 Å². The number of benzene rings is 3. The molecule has 4 rings (SSSR count). The normalized spacial score (nSPS) is 16.8. The highest BCUT2D eigenvalue weighted by atomic mass is 31.2. The van der Waals surface area contributed by atoms with Gasteiger partial charge in [0.2, 0.25) is 0 Å². The van der Waals surface area contributed by atoms with Gasteiger partial charge in [0.15, 0.2) is 0 Å². The largest absolute Gasteiger partial charge is 0.373 e. The summed E-state index contributed by atoms with van der Waals surface area (Å²) in [5, 5.41) is 4.38. The van der Waals surface area contributed by atoms with E-state index in [0.29, 0.717) is 6.10 Å². The molecule has 1 fully saturated rings. The summed E-state index contributed by atoms with van der Waals surface area (Å²) in [7, 11) is -1.65. The van der Waals surface area contributed by atoms with Gasteiger partial charge < -0.3 is 4.74 Å². The van der Waals surface area contributed by atoms with Gasteiger partial charge in [0.05, 0.1) is 18.9 Å². The first-order valence-electron chi connectivity index (χ1n) is 8.56. The molecule has 0 saturated carbocycles. The van der Waals surface area contributed by atoms with Gasteiger partial charge in [-0.3, -0.25) is 0 Å². The molecule has 0 radical (unpaired) electrons. The summed E-state index contributed by atoms with van der Waals surface area (Å²) in [6, 6.07) is 33.2. The lowest BCUT2D eigenvalue weighted by Crippen LogP contribution is -2.33. The number of rotatable bonds is 6. The summed E-state index contributed by atoms with van der Waals surface area (Å²) < 4.78 is 5.53. The van der Waals surface area contributed by atoms with Crippen LogP contribution >= 0.6 is 7.26 Å². The second kappa shape index (κ2) is 6.89. The molecule has 0 unspecified atom stereocenters. The first-order chi connectivity index (χ1) is 11.9. The van der Waals surface area contributed by atoms with Crippen LogP contribution in [0.3, 0.4) is 0 Å². The molecule has 1 nitrogen and oxygen atoms in total. The molecule has 1 aliphatic heterocycles. The molecule has 0 spiro atoms. The Morgan fingerprint density at radius 3 is 1.38 bits per heavy atom. The SMILES string of the molecule is c1ccc([P+](CC[C@H]2CO2)(c2ccccc2)c2ccccc2)cc1. The van der Waals surface area contributed by atoms with Gasteiger partial charge in [-0.1, -0.05) is 54.6 Å². The lowest BCUT2D eigenvalue weighted by Gasteiger charge is -2.27. The van der Waals surface area contributed by atoms with Crippen LogP contribution in [0.1, 0.15) is 6.42 Å². The van der Waals surface area contributed by atoms with Gasteiger partial charge >= 0.3 is 0 Å². The Bertz CT molecular complexity index is 670. The maximum atomic E-state index is 5.53. The second-order valence-corrected chi connectivity index (χ2v) is 9.90. The molecule has 1 atom stereocenters. The molecular weight excluding hydrogens is 311 g/mol. The third-order valence-corrected chi connectivity index (χ3v) is 9.25. The monoisotopic (exact) mass is 333 g/mol. The van der Waals surface area contributed by atoms with Crippen molar-refractivity contribution in [1.29, 1.82) is 0 Å². The number of hydrogen-bond acceptors (Lipinski definition) is 1. The van der Waals surface area contributed by atoms with Crippen LogP contribution in [0.15, 0.2) is 91.0 Å². The van der Waals surface area contributed by atoms with E-state index in [4.69, 9.17) is 4.74 Å². The average molecular weight is 333 g/mol. The summed E-state index contributed by atoms with van der Waals surface area (Å²) in [5.74, 6) is 0. The molecule has 0 bridgehead atoms. The molecule has 24 heavy (non-hydrogen) atoms. The standard InChI is InChI=1S/C22H22OP/c1-4-10-20(11-5-1)24(17-16-19-18-23-19,21-12-6-2-7-13-21)22-14-8-3-9-15-22/h1-15,19H,16-18H2/q+1/t19-/m0/s1. The molecule has 0 aliphatic carbocycles. The van der Waals surface area contributed by atoms with Crippen molar-refractivity contribution in [3.05, 3.63) is 91.0 Å². The number of epoxide rings is 1. The molecule has 1 heterocycles. The zero-order chi connectivity index (χ0) is 16.2. The fourth-order valence-corrected chi connectivity index (χ4v) is 7.84. The number of ether oxygens (including phenoxy) is 1. The maximum absolute atomic E-state index is 5.53. The van der Waals surface area contributed by atoms with Crippen molar-refractivity contribution in [2.75, 3.05) is 12.8 Å². The Balaban J connectivity index is 1.91. The van der Waals surface area contributed by atoms with Crippen molar-refractivity contribution in [3.63, 3.8) is 0 Å². The van der Waals surface area contributed by atoms with Crippen LogP contribution in [0, 0.1) is 0 Å². The Kier molecular flexibility index (Phi) is 4.47. The van der Waals surface area contributed by atoms with Crippen molar-refractivity contribution in [2.45, 2.75) is 12.5 Å². The van der Waals surface area contributed by atoms with E-state index in [1.807, 2.05) is 0 Å². The van der Waals surface area contributed by atoms with Gasteiger partial charge in [-0.25, -0.2) is 0 Å². The predicted octanol–water partition coefficient (Wildman–Crippen LogP) is 3.77. The van der Waals surface area contributed by atoms with Crippen molar-refractivity contribution in [3.8, 4) is 0 Å². The molecule has 1 aliphatic rings. The van der Waals surface area contributed by atoms with Gasteiger partial charge in [0.1, 0.15) is 23.2 Å². The lowest BCUT2D eigenvalue weighted by molar-refractivity contribution is 0.404. The smallest absolute Gasteiger partial charge is 0.112 e. The predicted molar refractivity (Wildman–Crippen MR) is 104 cm³/mol. The summed E-state index contributed by atoms with van der Waals surface area (Å²) in [4.78, 5) is 0. The minimum Gasteiger partial charge on any atom is -0.373 e. The molecule has 0 amide bonds. The van der Waals surface area contributed by atoms with Crippen molar-refractivity contribution in [1.82, 2.24) is 0 Å². The Morgan fingerprint density at radius 2 is 1.04 bits per heavy atom. The van der Waals surface area contributed by atoms with Crippen LogP contribution < -0.4 is 15.9 Å². The van der Waals surface area contributed by atoms with E-state index >= 15 is 0 Å². The van der Waals surface area contributed by atoms with Crippen molar-refractivity contribution in [2.24, 2.45) is 0 Å². The quantitative estimate of drug-likeness (QED) is 0.494. The summed E-state index contributed by atoms with van der Waals surface area (Å²) in [5.41, 5.74) is 0. The first-order valence-corrected chi connectivity index (χ1v) is 10.5. The molecule has 0 N–H and O–H groups in total. The summed E-state index contributed by atoms with van der Waals surface area (Å²) in [6.07, 6.45) is 2.75. The third-order valence-electron chi connectivity index (χ3n) is 4.78. The van der Waals surface area contributed by atoms with Crippen LogP contribution in [0.4, 0.5) is 0 Å². The van der Waals surface area contributed by atoms with E-state index in [1.165, 1.54) is 15.9 Å². The van der Waals surface area contributed by atoms with Crippen LogP contribution in [0.5, 0.6) is 0 Å². The van der Waals surface area contributed by atoms with Gasteiger partial charge in [-0.05, 0) is 36.4 Å². The Hall–Kier alpha value is -1.95. The molecular formula is C22H22OP+. The van der Waals surface area contributed by atoms with E-state index in [9.17, 15) is 0 Å². The molecule has 0 aromatic heterocycles. The van der Waals surface area contributed by atoms with Crippen LogP contribution in [0.2, 0.25) is 0 Å². The third kappa shape index (κ3) is 3.02. The van der Waals surface area contributed by atoms with Crippen molar-refractivity contribution >= 4 is 23.2 Å². The highest BCUT2D eigenvalue weighted by molar-refractivity contribution is 7.95. The van der Waals surface area contributed by atoms with Crippen LogP contribution in [-0.2, 0) is 4.74 Å². The minimum atomic E-state index is -1.65. The number of hydrogen-bond donors (Lipinski definition) is 0. The lowest BCUT2D eigenvalue weighted by atomic mass is 10.3. The van der Waals surface area contributed by atoms with Gasteiger partial charge in [0.25, 0.3) is 0 Å². The summed E-state index contributed by atoms with van der Waals surface area (Å²) in [6.45, 7) is 0.929. The van der Waals surface area contributed by atoms with E-state index in [2.05, 4.69) is 91.0 Å². The fraction of sp³-hybridized carbons (Fsp3) is 0.182. The zero-order valence-electron chi connectivity index (χ0n) is 13.7. The van der Waals surface area contributed by atoms with Gasteiger partial charge in [-0.2, -0.15) is 0 Å². The van der Waals surface area contributed by atoms with Crippen LogP contribution in [-0.4, -0.2) is 18.9 Å². The minimum absolute atomic E-state index is 0.459. The van der Waals surface area contributed by atoms with E-state index in [0.717, 1.165) is 19.2 Å². The van der Waals surface area contributed by atoms with E-state index in [1.54, 1.807) is 0 Å². The highest BCUT2D eigenvalue weighted by Gasteiger charge is 2.46. The van der Waals surface area contributed by atoms with Gasteiger partial charge in [-0.15, -0.1) is 0 Å². The average Bonchev–Trinajstić information content (AvgIpc) is 3.50. The Morgan fingerprint density at radius 1 is 0.667 bits per heavy atom. The van der Waals surface area contributed by atoms with Crippen molar-refractivity contribution < 1.29 is 4.74 Å². The maximum Gasteiger partial charge on any atom is 0.112 e. The molecule has 1 saturated heterocycles. The molecule has 3 aromatic rings. The Labute approximate surface area is 144 Å². The first kappa shape index (κ1) is 15.6. The molecule has 2 heteroatoms. The van der Waals surface area contributed by atoms with E-state index in [-0.39, 0.29) is 0 Å². The zero-order valence-corrected chi connectivity index (χ0v) is 14.6. The highest BCUT2D eigenvalue weighted by Crippen LogP contribution is 2.56. The summed E-state index contributed by atoms with van der Waals surface area (Å²) >= 11 is 0. The van der Waals surface area contributed by atoms with Crippen LogP contribution in [0.25, 0.3) is 0 Å². The van der Waals surface area contributed by atoms with Gasteiger partial charge in [0, 0.05) is 6.42 Å². The molecule has 3 aromatic carbocycles. The second-order valence-electron chi connectivity index (χ2n) is 6.28. The topological polar surface area (TPSA) is 12.5 Å². The fourth-order valence-electron chi connectivity index (χ4n) is 3.45. The molecule has 120 valence electrons.